The number of carbonyl (C=O) groups excluding carboxylic acids is 1. The quantitative estimate of drug-likeness (QED) is 0.118. The summed E-state index contributed by atoms with van der Waals surface area (Å²) in [4.78, 5) is 28.5. The highest BCUT2D eigenvalue weighted by atomic mass is 35.5. The number of methoxy groups -OCH3 is 2. The second kappa shape index (κ2) is 14.6. The summed E-state index contributed by atoms with van der Waals surface area (Å²) in [6.45, 7) is 4.97. The molecule has 214 valence electrons. The van der Waals surface area contributed by atoms with Crippen molar-refractivity contribution < 1.29 is 33.3 Å². The van der Waals surface area contributed by atoms with E-state index >= 15 is 4.39 Å². The lowest BCUT2D eigenvalue weighted by molar-refractivity contribution is -0.135. The zero-order valence-corrected chi connectivity index (χ0v) is 24.6. The second-order valence-electron chi connectivity index (χ2n) is 9.05. The number of carboxylic acid groups (broad SMARTS) is 1. The number of aliphatic carboxylic acids is 1. The van der Waals surface area contributed by atoms with E-state index in [9.17, 15) is 9.59 Å². The third-order valence-electron chi connectivity index (χ3n) is 5.82. The summed E-state index contributed by atoms with van der Waals surface area (Å²) in [6.07, 6.45) is 1.47. The molecule has 3 aromatic rings. The van der Waals surface area contributed by atoms with Gasteiger partial charge in [-0.3, -0.25) is 10.1 Å². The Morgan fingerprint density at radius 1 is 1.20 bits per heavy atom. The van der Waals surface area contributed by atoms with Crippen LogP contribution in [0.4, 0.5) is 9.52 Å². The van der Waals surface area contributed by atoms with Gasteiger partial charge in [0.25, 0.3) is 5.91 Å². The predicted molar refractivity (Wildman–Crippen MR) is 155 cm³/mol. The molecule has 3 rings (SSSR count). The smallest absolute Gasteiger partial charge is 0.371 e. The van der Waals surface area contributed by atoms with Gasteiger partial charge in [-0.15, -0.1) is 11.3 Å². The van der Waals surface area contributed by atoms with Crippen LogP contribution in [0.1, 0.15) is 47.9 Å². The Kier molecular flexibility index (Phi) is 11.5. The Bertz CT molecular complexity index is 1370. The molecule has 2 N–H and O–H groups in total. The molecular formula is C28H29Cl2FN2O6S. The Balaban J connectivity index is 1.77. The van der Waals surface area contributed by atoms with E-state index in [2.05, 4.69) is 24.1 Å². The summed E-state index contributed by atoms with van der Waals surface area (Å²) in [6, 6.07) is 7.64. The Labute approximate surface area is 245 Å². The van der Waals surface area contributed by atoms with Crippen LogP contribution in [-0.2, 0) is 19.0 Å². The van der Waals surface area contributed by atoms with Gasteiger partial charge in [-0.05, 0) is 36.6 Å². The van der Waals surface area contributed by atoms with Crippen molar-refractivity contribution in [1.29, 1.82) is 0 Å². The molecule has 0 bridgehead atoms. The molecule has 1 heterocycles. The number of nitrogens with zero attached hydrogens (tertiary/aromatic N) is 1. The average molecular weight is 612 g/mol. The summed E-state index contributed by atoms with van der Waals surface area (Å²) in [5, 5.41) is 13.8. The van der Waals surface area contributed by atoms with Crippen molar-refractivity contribution in [3.05, 3.63) is 74.0 Å². The van der Waals surface area contributed by atoms with Gasteiger partial charge in [-0.1, -0.05) is 49.2 Å². The van der Waals surface area contributed by atoms with E-state index in [1.807, 2.05) is 0 Å². The lowest BCUT2D eigenvalue weighted by atomic mass is 10.0. The molecule has 2 aromatic carbocycles. The van der Waals surface area contributed by atoms with Crippen LogP contribution in [0.2, 0.25) is 10.0 Å². The van der Waals surface area contributed by atoms with Gasteiger partial charge in [0, 0.05) is 41.4 Å². The molecule has 40 heavy (non-hydrogen) atoms. The Hall–Kier alpha value is -3.02. The molecule has 0 saturated carbocycles. The van der Waals surface area contributed by atoms with Crippen molar-refractivity contribution in [3.8, 4) is 11.3 Å². The molecule has 1 amide bonds. The normalized spacial score (nSPS) is 12.4. The minimum Gasteiger partial charge on any atom is -0.490 e. The number of hydrogen-bond acceptors (Lipinski definition) is 7. The average Bonchev–Trinajstić information content (AvgIpc) is 3.36. The van der Waals surface area contributed by atoms with Crippen molar-refractivity contribution >= 4 is 57.6 Å². The second-order valence-corrected chi connectivity index (χ2v) is 10.7. The summed E-state index contributed by atoms with van der Waals surface area (Å²) < 4.78 is 31.5. The number of carbonyl (C=O) groups is 2. The summed E-state index contributed by atoms with van der Waals surface area (Å²) in [5.74, 6) is -2.21. The molecule has 1 aromatic heterocycles. The summed E-state index contributed by atoms with van der Waals surface area (Å²) >= 11 is 13.6. The summed E-state index contributed by atoms with van der Waals surface area (Å²) in [7, 11) is 2.70. The number of hydrogen-bond donors (Lipinski definition) is 2. The van der Waals surface area contributed by atoms with Gasteiger partial charge < -0.3 is 19.3 Å². The third-order valence-corrected chi connectivity index (χ3v) is 7.20. The highest BCUT2D eigenvalue weighted by Gasteiger charge is 2.21. The first-order valence-corrected chi connectivity index (χ1v) is 13.8. The van der Waals surface area contributed by atoms with E-state index in [-0.39, 0.29) is 44.2 Å². The van der Waals surface area contributed by atoms with E-state index in [4.69, 9.17) is 42.5 Å². The van der Waals surface area contributed by atoms with Gasteiger partial charge in [-0.25, -0.2) is 14.2 Å². The zero-order chi connectivity index (χ0) is 29.4. The van der Waals surface area contributed by atoms with Crippen LogP contribution in [0.15, 0.2) is 41.5 Å². The lowest BCUT2D eigenvalue weighted by Crippen LogP contribution is -2.13. The first-order chi connectivity index (χ1) is 19.0. The molecule has 0 saturated heterocycles. The van der Waals surface area contributed by atoms with Crippen molar-refractivity contribution in [2.45, 2.75) is 26.4 Å². The van der Waals surface area contributed by atoms with Gasteiger partial charge in [0.1, 0.15) is 11.9 Å². The van der Waals surface area contributed by atoms with Crippen LogP contribution < -0.4 is 5.32 Å². The molecule has 1 atom stereocenters. The van der Waals surface area contributed by atoms with Gasteiger partial charge in [0.05, 0.1) is 29.5 Å². The van der Waals surface area contributed by atoms with Crippen LogP contribution in [-0.4, -0.2) is 49.4 Å². The van der Waals surface area contributed by atoms with Gasteiger partial charge >= 0.3 is 5.97 Å². The SMILES string of the molecule is COC(=Cc1c(Cl)cc(C(=O)Nc2nc(-c3cccc(C(COCCC(C)C)OC)c3F)cs2)cc1Cl)C(=O)O. The first kappa shape index (κ1) is 31.5. The number of rotatable bonds is 13. The minimum absolute atomic E-state index is 0.0491. The van der Waals surface area contributed by atoms with Crippen LogP contribution in [0.3, 0.4) is 0 Å². The maximum absolute atomic E-state index is 15.5. The number of halogens is 3. The molecular weight excluding hydrogens is 582 g/mol. The highest BCUT2D eigenvalue weighted by molar-refractivity contribution is 7.14. The third kappa shape index (κ3) is 8.02. The lowest BCUT2D eigenvalue weighted by Gasteiger charge is -2.18. The topological polar surface area (TPSA) is 107 Å². The van der Waals surface area contributed by atoms with Crippen LogP contribution in [0.25, 0.3) is 17.3 Å². The van der Waals surface area contributed by atoms with Crippen molar-refractivity contribution in [2.24, 2.45) is 5.92 Å². The van der Waals surface area contributed by atoms with Crippen molar-refractivity contribution in [2.75, 3.05) is 32.8 Å². The monoisotopic (exact) mass is 610 g/mol. The van der Waals surface area contributed by atoms with Crippen LogP contribution in [0, 0.1) is 11.7 Å². The Morgan fingerprint density at radius 2 is 1.90 bits per heavy atom. The van der Waals surface area contributed by atoms with Gasteiger partial charge in [0.15, 0.2) is 5.13 Å². The van der Waals surface area contributed by atoms with E-state index < -0.39 is 23.8 Å². The number of amides is 1. The molecule has 0 fully saturated rings. The largest absolute Gasteiger partial charge is 0.490 e. The van der Waals surface area contributed by atoms with Crippen LogP contribution >= 0.6 is 34.5 Å². The highest BCUT2D eigenvalue weighted by Crippen LogP contribution is 2.33. The number of benzene rings is 2. The molecule has 12 heteroatoms. The molecule has 8 nitrogen and oxygen atoms in total. The number of carboxylic acids is 1. The molecule has 1 unspecified atom stereocenters. The van der Waals surface area contributed by atoms with Gasteiger partial charge in [-0.2, -0.15) is 0 Å². The van der Waals surface area contributed by atoms with Crippen molar-refractivity contribution in [1.82, 2.24) is 4.98 Å². The van der Waals surface area contributed by atoms with E-state index in [1.165, 1.54) is 26.4 Å². The molecule has 0 spiro atoms. The fraction of sp³-hybridized carbons (Fsp3) is 0.321. The molecule has 0 aliphatic heterocycles. The minimum atomic E-state index is -1.30. The zero-order valence-electron chi connectivity index (χ0n) is 22.3. The molecule has 0 radical (unpaired) electrons. The standard InChI is InChI=1S/C28H29Cl2FN2O6S/c1-15(2)8-9-39-13-24(38-4)18-7-5-6-17(25(18)31)22-14-40-28(32-22)33-26(34)16-10-20(29)19(21(30)11-16)12-23(37-3)27(35)36/h5-7,10-12,14-15,24H,8-9,13H2,1-4H3,(H,35,36)(H,32,33,34). The van der Waals surface area contributed by atoms with E-state index in [0.717, 1.165) is 23.8 Å². The van der Waals surface area contributed by atoms with Gasteiger partial charge in [0.2, 0.25) is 5.76 Å². The predicted octanol–water partition coefficient (Wildman–Crippen LogP) is 7.33. The number of nitrogens with one attached hydrogen (secondary N) is 1. The van der Waals surface area contributed by atoms with Crippen molar-refractivity contribution in [3.63, 3.8) is 0 Å². The van der Waals surface area contributed by atoms with Crippen LogP contribution in [0.5, 0.6) is 0 Å². The fourth-order valence-corrected chi connectivity index (χ4v) is 4.91. The van der Waals surface area contributed by atoms with E-state index in [1.54, 1.807) is 23.6 Å². The fourth-order valence-electron chi connectivity index (χ4n) is 3.61. The summed E-state index contributed by atoms with van der Waals surface area (Å²) in [5.41, 5.74) is 1.25. The maximum Gasteiger partial charge on any atom is 0.371 e. The number of anilines is 1. The maximum atomic E-state index is 15.5. The molecule has 0 aliphatic carbocycles. The van der Waals surface area contributed by atoms with E-state index in [0.29, 0.717) is 23.8 Å². The number of aromatic nitrogens is 1. The number of ether oxygens (including phenoxy) is 3. The Morgan fingerprint density at radius 3 is 2.50 bits per heavy atom. The first-order valence-electron chi connectivity index (χ1n) is 12.2. The number of thiazole rings is 1. The molecule has 0 aliphatic rings.